The number of carbonyl (C=O) groups is 1. The highest BCUT2D eigenvalue weighted by Gasteiger charge is 2.36. The lowest BCUT2D eigenvalue weighted by atomic mass is 10.1. The highest BCUT2D eigenvalue weighted by atomic mass is 32.2. The number of fused-ring (bicyclic) bond motifs is 1. The van der Waals surface area contributed by atoms with Crippen LogP contribution in [-0.4, -0.2) is 56.6 Å². The lowest BCUT2D eigenvalue weighted by Gasteiger charge is -2.42. The van der Waals surface area contributed by atoms with Crippen LogP contribution in [0, 0.1) is 0 Å². The van der Waals surface area contributed by atoms with Crippen molar-refractivity contribution in [2.24, 2.45) is 5.14 Å². The smallest absolute Gasteiger partial charge is 0.241 e. The number of amides is 1. The van der Waals surface area contributed by atoms with Crippen LogP contribution in [0.4, 0.5) is 5.69 Å². The molecule has 2 aliphatic heterocycles. The van der Waals surface area contributed by atoms with Crippen molar-refractivity contribution < 1.29 is 17.9 Å². The minimum atomic E-state index is -3.75. The van der Waals surface area contributed by atoms with Crippen molar-refractivity contribution in [2.75, 3.05) is 24.5 Å². The second-order valence-corrected chi connectivity index (χ2v) is 9.57. The van der Waals surface area contributed by atoms with E-state index in [1.807, 2.05) is 27.7 Å². The van der Waals surface area contributed by atoms with Gasteiger partial charge in [0.05, 0.1) is 23.1 Å². The number of ether oxygens (including phenoxy) is 1. The van der Waals surface area contributed by atoms with Crippen LogP contribution in [0.2, 0.25) is 0 Å². The van der Waals surface area contributed by atoms with Gasteiger partial charge in [0.1, 0.15) is 0 Å². The maximum atomic E-state index is 13.0. The summed E-state index contributed by atoms with van der Waals surface area (Å²) >= 11 is 0. The first-order chi connectivity index (χ1) is 12.0. The fraction of sp³-hybridized carbons (Fsp3) is 0.611. The molecule has 0 aromatic heterocycles. The van der Waals surface area contributed by atoms with E-state index in [1.165, 1.54) is 6.07 Å². The normalized spacial score (nSPS) is 26.0. The molecule has 0 saturated carbocycles. The SMILES string of the molecule is CC1CN(CC(=O)N2c3ccc(S(N)(=O)=O)cc3CC2C)CC(C)(C)O1. The van der Waals surface area contributed by atoms with Crippen LogP contribution in [0.15, 0.2) is 23.1 Å². The van der Waals surface area contributed by atoms with E-state index in [-0.39, 0.29) is 28.5 Å². The molecule has 2 N–H and O–H groups in total. The molecule has 3 rings (SSSR count). The van der Waals surface area contributed by atoms with E-state index in [0.717, 1.165) is 11.3 Å². The summed E-state index contributed by atoms with van der Waals surface area (Å²) in [7, 11) is -3.75. The van der Waals surface area contributed by atoms with Crippen molar-refractivity contribution in [3.05, 3.63) is 23.8 Å². The minimum Gasteiger partial charge on any atom is -0.370 e. The largest absolute Gasteiger partial charge is 0.370 e. The Balaban J connectivity index is 1.79. The van der Waals surface area contributed by atoms with E-state index in [4.69, 9.17) is 9.88 Å². The molecule has 8 heteroatoms. The highest BCUT2D eigenvalue weighted by molar-refractivity contribution is 7.89. The molecule has 0 bridgehead atoms. The van der Waals surface area contributed by atoms with Gasteiger partial charge in [-0.05, 0) is 57.9 Å². The van der Waals surface area contributed by atoms with Crippen LogP contribution in [0.3, 0.4) is 0 Å². The molecule has 1 fully saturated rings. The summed E-state index contributed by atoms with van der Waals surface area (Å²) in [6.07, 6.45) is 0.697. The molecule has 0 spiro atoms. The summed E-state index contributed by atoms with van der Waals surface area (Å²) in [5.41, 5.74) is 1.33. The Morgan fingerprint density at radius 1 is 1.35 bits per heavy atom. The molecule has 1 amide bonds. The van der Waals surface area contributed by atoms with Gasteiger partial charge in [-0.3, -0.25) is 9.69 Å². The van der Waals surface area contributed by atoms with Gasteiger partial charge in [0.15, 0.2) is 0 Å². The fourth-order valence-electron chi connectivity index (χ4n) is 4.14. The van der Waals surface area contributed by atoms with Crippen LogP contribution in [0.1, 0.15) is 33.3 Å². The van der Waals surface area contributed by atoms with E-state index in [0.29, 0.717) is 26.1 Å². The summed E-state index contributed by atoms with van der Waals surface area (Å²) in [4.78, 5) is 17.0. The maximum Gasteiger partial charge on any atom is 0.241 e. The second kappa shape index (κ2) is 6.60. The van der Waals surface area contributed by atoms with Crippen LogP contribution < -0.4 is 10.0 Å². The predicted molar refractivity (Wildman–Crippen MR) is 99.5 cm³/mol. The third-order valence-electron chi connectivity index (χ3n) is 4.86. The number of sulfonamides is 1. The molecule has 1 saturated heterocycles. The van der Waals surface area contributed by atoms with Crippen molar-refractivity contribution in [2.45, 2.75) is 56.8 Å². The van der Waals surface area contributed by atoms with Gasteiger partial charge < -0.3 is 9.64 Å². The molecule has 2 unspecified atom stereocenters. The topological polar surface area (TPSA) is 92.9 Å². The number of hydrogen-bond donors (Lipinski definition) is 1. The Kier molecular flexibility index (Phi) is 4.89. The van der Waals surface area contributed by atoms with Gasteiger partial charge in [-0.25, -0.2) is 13.6 Å². The molecule has 0 radical (unpaired) electrons. The quantitative estimate of drug-likeness (QED) is 0.847. The molecule has 1 aromatic rings. The molecule has 26 heavy (non-hydrogen) atoms. The molecular weight excluding hydrogens is 354 g/mol. The first kappa shape index (κ1) is 19.3. The Morgan fingerprint density at radius 2 is 2.04 bits per heavy atom. The molecule has 2 aliphatic rings. The summed E-state index contributed by atoms with van der Waals surface area (Å²) in [5, 5.41) is 5.22. The summed E-state index contributed by atoms with van der Waals surface area (Å²) in [5.74, 6) is 0.0181. The number of hydrogen-bond acceptors (Lipinski definition) is 5. The minimum absolute atomic E-state index is 0.0142. The van der Waals surface area contributed by atoms with Gasteiger partial charge in [0, 0.05) is 24.8 Å². The molecular formula is C18H27N3O4S. The van der Waals surface area contributed by atoms with Crippen molar-refractivity contribution >= 4 is 21.6 Å². The number of anilines is 1. The van der Waals surface area contributed by atoms with Gasteiger partial charge >= 0.3 is 0 Å². The van der Waals surface area contributed by atoms with E-state index in [9.17, 15) is 13.2 Å². The number of nitrogens with two attached hydrogens (primary N) is 1. The zero-order valence-electron chi connectivity index (χ0n) is 15.7. The molecule has 7 nitrogen and oxygen atoms in total. The van der Waals surface area contributed by atoms with E-state index >= 15 is 0 Å². The van der Waals surface area contributed by atoms with Gasteiger partial charge in [-0.1, -0.05) is 0 Å². The molecule has 2 heterocycles. The lowest BCUT2D eigenvalue weighted by molar-refractivity contribution is -0.138. The molecule has 0 aliphatic carbocycles. The third-order valence-corrected chi connectivity index (χ3v) is 5.77. The fourth-order valence-corrected chi connectivity index (χ4v) is 4.70. The second-order valence-electron chi connectivity index (χ2n) is 8.01. The van der Waals surface area contributed by atoms with Crippen molar-refractivity contribution in [1.82, 2.24) is 4.90 Å². The van der Waals surface area contributed by atoms with Crippen LogP contribution in [0.25, 0.3) is 0 Å². The van der Waals surface area contributed by atoms with Gasteiger partial charge in [0.2, 0.25) is 15.9 Å². The Bertz CT molecular complexity index is 822. The third kappa shape index (κ3) is 3.93. The Hall–Kier alpha value is -1.48. The number of benzene rings is 1. The molecule has 1 aromatic carbocycles. The van der Waals surface area contributed by atoms with Crippen LogP contribution in [-0.2, 0) is 26.0 Å². The lowest BCUT2D eigenvalue weighted by Crippen LogP contribution is -2.54. The predicted octanol–water partition coefficient (Wildman–Crippen LogP) is 1.11. The first-order valence-electron chi connectivity index (χ1n) is 8.84. The Labute approximate surface area is 155 Å². The maximum absolute atomic E-state index is 13.0. The number of carbonyl (C=O) groups excluding carboxylic acids is 1. The zero-order valence-corrected chi connectivity index (χ0v) is 16.5. The molecule has 144 valence electrons. The average Bonchev–Trinajstić information content (AvgIpc) is 2.78. The number of morpholine rings is 1. The van der Waals surface area contributed by atoms with E-state index in [2.05, 4.69) is 4.90 Å². The van der Waals surface area contributed by atoms with Crippen molar-refractivity contribution in [3.63, 3.8) is 0 Å². The van der Waals surface area contributed by atoms with Gasteiger partial charge in [-0.2, -0.15) is 0 Å². The first-order valence-corrected chi connectivity index (χ1v) is 10.4. The summed E-state index contributed by atoms with van der Waals surface area (Å²) in [6, 6.07) is 4.71. The van der Waals surface area contributed by atoms with Crippen LogP contribution in [0.5, 0.6) is 0 Å². The van der Waals surface area contributed by atoms with E-state index in [1.54, 1.807) is 17.0 Å². The zero-order chi connectivity index (χ0) is 19.3. The highest BCUT2D eigenvalue weighted by Crippen LogP contribution is 2.34. The Morgan fingerprint density at radius 3 is 2.65 bits per heavy atom. The standard InChI is InChI=1S/C18H27N3O4S/c1-12-7-14-8-15(26(19,23)24)5-6-16(14)21(12)17(22)10-20-9-13(2)25-18(3,4)11-20/h5-6,8,12-13H,7,9-11H2,1-4H3,(H2,19,23,24). The van der Waals surface area contributed by atoms with Gasteiger partial charge in [0.25, 0.3) is 0 Å². The molecule has 2 atom stereocenters. The number of nitrogens with zero attached hydrogens (tertiary/aromatic N) is 2. The van der Waals surface area contributed by atoms with Crippen molar-refractivity contribution in [3.8, 4) is 0 Å². The number of primary sulfonamides is 1. The van der Waals surface area contributed by atoms with Crippen molar-refractivity contribution in [1.29, 1.82) is 0 Å². The summed E-state index contributed by atoms with van der Waals surface area (Å²) < 4.78 is 29.0. The average molecular weight is 381 g/mol. The summed E-state index contributed by atoms with van der Waals surface area (Å²) in [6.45, 7) is 9.78. The van der Waals surface area contributed by atoms with E-state index < -0.39 is 10.0 Å². The van der Waals surface area contributed by atoms with Crippen LogP contribution >= 0.6 is 0 Å². The number of rotatable bonds is 3. The van der Waals surface area contributed by atoms with Gasteiger partial charge in [-0.15, -0.1) is 0 Å². The monoisotopic (exact) mass is 381 g/mol.